The van der Waals surface area contributed by atoms with E-state index in [-0.39, 0.29) is 17.8 Å². The van der Waals surface area contributed by atoms with Crippen molar-refractivity contribution in [3.8, 4) is 5.75 Å². The largest absolute Gasteiger partial charge is 0.497 e. The fourth-order valence-electron chi connectivity index (χ4n) is 4.92. The highest BCUT2D eigenvalue weighted by atomic mass is 19.1. The maximum atomic E-state index is 13.4. The number of benzene rings is 2. The predicted octanol–water partition coefficient (Wildman–Crippen LogP) is 2.73. The molecule has 0 saturated carbocycles. The van der Waals surface area contributed by atoms with E-state index in [9.17, 15) is 9.18 Å². The number of piperidine rings is 2. The van der Waals surface area contributed by atoms with Gasteiger partial charge in [0.15, 0.2) is 0 Å². The van der Waals surface area contributed by atoms with Crippen LogP contribution in [0.25, 0.3) is 0 Å². The summed E-state index contributed by atoms with van der Waals surface area (Å²) in [7, 11) is 1.69. The van der Waals surface area contributed by atoms with Crippen LogP contribution in [0.5, 0.6) is 5.75 Å². The third-order valence-corrected chi connectivity index (χ3v) is 6.28. The van der Waals surface area contributed by atoms with Crippen LogP contribution in [0.3, 0.4) is 0 Å². The minimum absolute atomic E-state index is 0.166. The molecule has 2 unspecified atom stereocenters. The Morgan fingerprint density at radius 1 is 1.14 bits per heavy atom. The summed E-state index contributed by atoms with van der Waals surface area (Å²) in [5.74, 6) is 0.349. The molecule has 2 aromatic rings. The quantitative estimate of drug-likeness (QED) is 0.834. The molecule has 2 aliphatic heterocycles. The van der Waals surface area contributed by atoms with Gasteiger partial charge in [0.1, 0.15) is 18.1 Å². The van der Waals surface area contributed by atoms with E-state index < -0.39 is 0 Å². The Balaban J connectivity index is 1.40. The van der Waals surface area contributed by atoms with Crippen molar-refractivity contribution in [2.45, 2.75) is 56.8 Å². The third kappa shape index (κ3) is 4.20. The van der Waals surface area contributed by atoms with E-state index >= 15 is 0 Å². The summed E-state index contributed by atoms with van der Waals surface area (Å²) < 4.78 is 18.7. The lowest BCUT2D eigenvalue weighted by Crippen LogP contribution is -3.20. The highest BCUT2D eigenvalue weighted by Gasteiger charge is 2.42. The first-order chi connectivity index (χ1) is 13.6. The van der Waals surface area contributed by atoms with Crippen LogP contribution in [-0.2, 0) is 6.54 Å². The van der Waals surface area contributed by atoms with E-state index in [1.807, 2.05) is 12.1 Å². The van der Waals surface area contributed by atoms with Gasteiger partial charge in [0.25, 0.3) is 5.91 Å². The molecule has 2 fully saturated rings. The molecule has 4 rings (SSSR count). The molecule has 28 heavy (non-hydrogen) atoms. The second kappa shape index (κ2) is 8.31. The standard InChI is InChI=1S/C23H27FN2O2/c1-28-22-10-8-16(9-11-22)15-26-20-6-3-7-21(26)14-19(13-20)25-23(27)17-4-2-5-18(24)12-17/h2,4-5,8-12,19-21H,3,6-7,13-15H2,1H3,(H,25,27)/p+1/t19?,20-,21+. The average molecular weight is 383 g/mol. The number of methoxy groups -OCH3 is 1. The van der Waals surface area contributed by atoms with E-state index in [1.54, 1.807) is 24.1 Å². The molecule has 0 aliphatic carbocycles. The van der Waals surface area contributed by atoms with Gasteiger partial charge in [-0.1, -0.05) is 6.07 Å². The Kier molecular flexibility index (Phi) is 5.62. The molecule has 148 valence electrons. The number of halogens is 1. The summed E-state index contributed by atoms with van der Waals surface area (Å²) in [4.78, 5) is 14.2. The molecule has 0 spiro atoms. The fourth-order valence-corrected chi connectivity index (χ4v) is 4.92. The van der Waals surface area contributed by atoms with Crippen molar-refractivity contribution < 1.29 is 18.8 Å². The Bertz CT molecular complexity index is 810. The monoisotopic (exact) mass is 383 g/mol. The first-order valence-corrected chi connectivity index (χ1v) is 10.2. The van der Waals surface area contributed by atoms with Crippen molar-refractivity contribution in [2.75, 3.05) is 7.11 Å². The summed E-state index contributed by atoms with van der Waals surface area (Å²) in [6, 6.07) is 15.6. The summed E-state index contributed by atoms with van der Waals surface area (Å²) in [5, 5.41) is 3.16. The van der Waals surface area contributed by atoms with E-state index in [0.717, 1.165) is 25.1 Å². The highest BCUT2D eigenvalue weighted by Crippen LogP contribution is 2.23. The molecule has 2 aliphatic rings. The van der Waals surface area contributed by atoms with Crippen LogP contribution >= 0.6 is 0 Å². The van der Waals surface area contributed by atoms with Crippen molar-refractivity contribution in [3.05, 3.63) is 65.5 Å². The number of carbonyl (C=O) groups excluding carboxylic acids is 1. The van der Waals surface area contributed by atoms with E-state index in [1.165, 1.54) is 37.0 Å². The number of hydrogen-bond acceptors (Lipinski definition) is 2. The minimum Gasteiger partial charge on any atom is -0.497 e. The van der Waals surface area contributed by atoms with Crippen molar-refractivity contribution in [2.24, 2.45) is 0 Å². The predicted molar refractivity (Wildman–Crippen MR) is 106 cm³/mol. The molecule has 0 radical (unpaired) electrons. The van der Waals surface area contributed by atoms with Gasteiger partial charge in [0.05, 0.1) is 19.2 Å². The summed E-state index contributed by atoms with van der Waals surface area (Å²) >= 11 is 0. The molecular formula is C23H28FN2O2+. The van der Waals surface area contributed by atoms with Gasteiger partial charge in [-0.25, -0.2) is 4.39 Å². The lowest BCUT2D eigenvalue weighted by molar-refractivity contribution is -0.973. The number of amides is 1. The molecule has 2 heterocycles. The zero-order valence-electron chi connectivity index (χ0n) is 16.3. The molecule has 2 bridgehead atoms. The van der Waals surface area contributed by atoms with Gasteiger partial charge >= 0.3 is 0 Å². The van der Waals surface area contributed by atoms with Crippen LogP contribution in [0.15, 0.2) is 48.5 Å². The molecule has 0 aromatic heterocycles. The smallest absolute Gasteiger partial charge is 0.251 e. The number of nitrogens with one attached hydrogen (secondary N) is 2. The summed E-state index contributed by atoms with van der Waals surface area (Å²) in [6.45, 7) is 1.02. The van der Waals surface area contributed by atoms with Gasteiger partial charge in [-0.15, -0.1) is 0 Å². The zero-order chi connectivity index (χ0) is 19.5. The van der Waals surface area contributed by atoms with Gasteiger partial charge in [0, 0.05) is 30.0 Å². The molecule has 5 heteroatoms. The topological polar surface area (TPSA) is 42.8 Å². The van der Waals surface area contributed by atoms with Gasteiger partial charge in [-0.05, 0) is 61.7 Å². The Hall–Kier alpha value is -2.40. The Labute approximate surface area is 165 Å². The van der Waals surface area contributed by atoms with E-state index in [0.29, 0.717) is 17.6 Å². The molecule has 2 saturated heterocycles. The van der Waals surface area contributed by atoms with Crippen LogP contribution in [0.4, 0.5) is 4.39 Å². The molecule has 2 N–H and O–H groups in total. The third-order valence-electron chi connectivity index (χ3n) is 6.28. The first-order valence-electron chi connectivity index (χ1n) is 10.2. The van der Waals surface area contributed by atoms with Gasteiger partial charge in [0.2, 0.25) is 0 Å². The molecule has 4 atom stereocenters. The lowest BCUT2D eigenvalue weighted by Gasteiger charge is -2.46. The molecule has 2 aromatic carbocycles. The number of carbonyl (C=O) groups is 1. The van der Waals surface area contributed by atoms with Crippen LogP contribution in [-0.4, -0.2) is 31.1 Å². The van der Waals surface area contributed by atoms with Crippen LogP contribution in [0.2, 0.25) is 0 Å². The maximum absolute atomic E-state index is 13.4. The Morgan fingerprint density at radius 2 is 1.86 bits per heavy atom. The van der Waals surface area contributed by atoms with Crippen LogP contribution in [0, 0.1) is 5.82 Å². The van der Waals surface area contributed by atoms with E-state index in [4.69, 9.17) is 4.74 Å². The number of fused-ring (bicyclic) bond motifs is 2. The van der Waals surface area contributed by atoms with Gasteiger partial charge in [-0.2, -0.15) is 0 Å². The number of quaternary nitrogens is 1. The molecule has 1 amide bonds. The summed E-state index contributed by atoms with van der Waals surface area (Å²) in [6.07, 6.45) is 5.65. The lowest BCUT2D eigenvalue weighted by atomic mass is 9.81. The Morgan fingerprint density at radius 3 is 2.50 bits per heavy atom. The van der Waals surface area contributed by atoms with Gasteiger partial charge in [-0.3, -0.25) is 4.79 Å². The fraction of sp³-hybridized carbons (Fsp3) is 0.435. The van der Waals surface area contributed by atoms with Crippen molar-refractivity contribution in [1.82, 2.24) is 5.32 Å². The molecular weight excluding hydrogens is 355 g/mol. The summed E-state index contributed by atoms with van der Waals surface area (Å²) in [5.41, 5.74) is 1.73. The number of rotatable bonds is 5. The van der Waals surface area contributed by atoms with Gasteiger partial charge < -0.3 is 15.0 Å². The number of ether oxygens (including phenoxy) is 1. The van der Waals surface area contributed by atoms with Crippen molar-refractivity contribution >= 4 is 5.91 Å². The first kappa shape index (κ1) is 18.9. The molecule has 4 nitrogen and oxygen atoms in total. The van der Waals surface area contributed by atoms with Crippen LogP contribution in [0.1, 0.15) is 48.0 Å². The average Bonchev–Trinajstić information content (AvgIpc) is 2.69. The van der Waals surface area contributed by atoms with E-state index in [2.05, 4.69) is 17.4 Å². The van der Waals surface area contributed by atoms with Crippen molar-refractivity contribution in [3.63, 3.8) is 0 Å². The van der Waals surface area contributed by atoms with Crippen molar-refractivity contribution in [1.29, 1.82) is 0 Å². The minimum atomic E-state index is -0.372. The second-order valence-electron chi connectivity index (χ2n) is 8.08. The SMILES string of the molecule is COc1ccc(C[NH+]2[C@@H]3CCC[C@H]2CC(NC(=O)c2cccc(F)c2)C3)cc1. The maximum Gasteiger partial charge on any atom is 0.251 e. The van der Waals surface area contributed by atoms with Crippen LogP contribution < -0.4 is 15.0 Å². The number of hydrogen-bond donors (Lipinski definition) is 2. The zero-order valence-corrected chi connectivity index (χ0v) is 16.3. The normalized spacial score (nSPS) is 26.5. The highest BCUT2D eigenvalue weighted by molar-refractivity contribution is 5.94. The second-order valence-corrected chi connectivity index (χ2v) is 8.08.